The lowest BCUT2D eigenvalue weighted by molar-refractivity contribution is -0.137. The Kier molecular flexibility index (Phi) is 4.29. The van der Waals surface area contributed by atoms with E-state index in [1.165, 1.54) is 6.07 Å². The Morgan fingerprint density at radius 3 is 2.74 bits per heavy atom. The topological polar surface area (TPSA) is 37.0 Å². The maximum Gasteiger partial charge on any atom is 0.417 e. The van der Waals surface area contributed by atoms with Crippen molar-refractivity contribution in [1.82, 2.24) is 10.3 Å². The molecule has 2 heterocycles. The maximum absolute atomic E-state index is 12.4. The Bertz CT molecular complexity index is 397. The molecular weight excluding hydrogens is 255 g/mol. The summed E-state index contributed by atoms with van der Waals surface area (Å²) < 4.78 is 37.2. The molecule has 2 atom stereocenters. The van der Waals surface area contributed by atoms with Gasteiger partial charge in [-0.15, -0.1) is 0 Å². The Morgan fingerprint density at radius 1 is 1.42 bits per heavy atom. The second-order valence-corrected chi connectivity index (χ2v) is 4.97. The summed E-state index contributed by atoms with van der Waals surface area (Å²) in [6.07, 6.45) is -1.20. The van der Waals surface area contributed by atoms with Gasteiger partial charge in [0, 0.05) is 12.2 Å². The predicted octanol–water partition coefficient (Wildman–Crippen LogP) is 2.90. The van der Waals surface area contributed by atoms with E-state index in [-0.39, 0.29) is 6.04 Å². The van der Waals surface area contributed by atoms with E-state index >= 15 is 0 Å². The third-order valence-corrected chi connectivity index (χ3v) is 3.51. The number of nitrogens with one attached hydrogen (secondary N) is 2. The quantitative estimate of drug-likeness (QED) is 0.889. The smallest absolute Gasteiger partial charge is 0.367 e. The maximum atomic E-state index is 12.4. The molecule has 106 valence electrons. The third-order valence-electron chi connectivity index (χ3n) is 3.51. The van der Waals surface area contributed by atoms with Crippen molar-refractivity contribution in [2.45, 2.75) is 32.0 Å². The average Bonchev–Trinajstić information content (AvgIpc) is 2.39. The van der Waals surface area contributed by atoms with Crippen LogP contribution >= 0.6 is 0 Å². The number of rotatable bonds is 3. The molecule has 1 saturated heterocycles. The van der Waals surface area contributed by atoms with E-state index in [1.807, 2.05) is 6.92 Å². The summed E-state index contributed by atoms with van der Waals surface area (Å²) in [5, 5.41) is 6.49. The molecule has 3 nitrogen and oxygen atoms in total. The molecule has 6 heteroatoms. The van der Waals surface area contributed by atoms with Crippen molar-refractivity contribution in [3.05, 3.63) is 23.9 Å². The van der Waals surface area contributed by atoms with Crippen molar-refractivity contribution in [1.29, 1.82) is 0 Å². The van der Waals surface area contributed by atoms with E-state index in [2.05, 4.69) is 15.6 Å². The molecule has 1 aromatic heterocycles. The first-order valence-electron chi connectivity index (χ1n) is 6.47. The Labute approximate surface area is 110 Å². The fourth-order valence-electron chi connectivity index (χ4n) is 2.30. The van der Waals surface area contributed by atoms with Gasteiger partial charge in [0.1, 0.15) is 5.82 Å². The summed E-state index contributed by atoms with van der Waals surface area (Å²) in [5.41, 5.74) is -0.718. The molecule has 19 heavy (non-hydrogen) atoms. The van der Waals surface area contributed by atoms with E-state index in [1.54, 1.807) is 0 Å². The first-order chi connectivity index (χ1) is 8.97. The summed E-state index contributed by atoms with van der Waals surface area (Å²) >= 11 is 0. The molecule has 1 aliphatic rings. The van der Waals surface area contributed by atoms with Gasteiger partial charge >= 0.3 is 6.18 Å². The van der Waals surface area contributed by atoms with Crippen LogP contribution < -0.4 is 10.6 Å². The Hall–Kier alpha value is -1.30. The molecule has 1 aromatic rings. The zero-order valence-electron chi connectivity index (χ0n) is 10.8. The summed E-state index contributed by atoms with van der Waals surface area (Å²) in [7, 11) is 0. The number of hydrogen-bond donors (Lipinski definition) is 2. The highest BCUT2D eigenvalue weighted by molar-refractivity contribution is 5.37. The van der Waals surface area contributed by atoms with Gasteiger partial charge in [-0.25, -0.2) is 4.98 Å². The second-order valence-electron chi connectivity index (χ2n) is 4.97. The average molecular weight is 273 g/mol. The van der Waals surface area contributed by atoms with Crippen molar-refractivity contribution < 1.29 is 13.2 Å². The van der Waals surface area contributed by atoms with Crippen LogP contribution in [-0.2, 0) is 6.18 Å². The summed E-state index contributed by atoms with van der Waals surface area (Å²) in [4.78, 5) is 3.83. The highest BCUT2D eigenvalue weighted by atomic mass is 19.4. The molecule has 0 aliphatic carbocycles. The lowest BCUT2D eigenvalue weighted by atomic mass is 9.93. The molecule has 0 aromatic carbocycles. The molecule has 2 unspecified atom stereocenters. The number of hydrogen-bond acceptors (Lipinski definition) is 3. The number of aromatic nitrogens is 1. The van der Waals surface area contributed by atoms with E-state index < -0.39 is 11.7 Å². The van der Waals surface area contributed by atoms with Gasteiger partial charge in [0.05, 0.1) is 5.56 Å². The predicted molar refractivity (Wildman–Crippen MR) is 67.9 cm³/mol. The zero-order chi connectivity index (χ0) is 13.9. The molecule has 2 rings (SSSR count). The van der Waals surface area contributed by atoms with Crippen molar-refractivity contribution in [3.63, 3.8) is 0 Å². The summed E-state index contributed by atoms with van der Waals surface area (Å²) in [6, 6.07) is 2.63. The van der Waals surface area contributed by atoms with Gasteiger partial charge in [0.15, 0.2) is 0 Å². The van der Waals surface area contributed by atoms with Crippen LogP contribution in [-0.4, -0.2) is 24.1 Å². The number of nitrogens with zero attached hydrogens (tertiary/aromatic N) is 1. The van der Waals surface area contributed by atoms with Crippen LogP contribution in [0.2, 0.25) is 0 Å². The van der Waals surface area contributed by atoms with Crippen molar-refractivity contribution in [3.8, 4) is 0 Å². The third kappa shape index (κ3) is 3.83. The van der Waals surface area contributed by atoms with Crippen LogP contribution in [0.15, 0.2) is 18.3 Å². The van der Waals surface area contributed by atoms with E-state index in [4.69, 9.17) is 0 Å². The molecule has 2 N–H and O–H groups in total. The van der Waals surface area contributed by atoms with E-state index in [0.717, 1.165) is 38.2 Å². The van der Waals surface area contributed by atoms with Crippen molar-refractivity contribution >= 4 is 5.82 Å². The normalized spacial score (nSPS) is 22.0. The fraction of sp³-hybridized carbons (Fsp3) is 0.615. The largest absolute Gasteiger partial charge is 0.417 e. The monoisotopic (exact) mass is 273 g/mol. The van der Waals surface area contributed by atoms with E-state index in [0.29, 0.717) is 11.7 Å². The number of halogens is 3. The minimum absolute atomic E-state index is 0.192. The van der Waals surface area contributed by atoms with Gasteiger partial charge in [0.25, 0.3) is 0 Å². The number of piperidine rings is 1. The molecule has 1 aliphatic heterocycles. The van der Waals surface area contributed by atoms with E-state index in [9.17, 15) is 13.2 Å². The zero-order valence-corrected chi connectivity index (χ0v) is 10.8. The first-order valence-corrected chi connectivity index (χ1v) is 6.47. The number of alkyl halides is 3. The summed E-state index contributed by atoms with van der Waals surface area (Å²) in [6.45, 7) is 4.02. The Morgan fingerprint density at radius 2 is 2.21 bits per heavy atom. The second kappa shape index (κ2) is 5.77. The van der Waals surface area contributed by atoms with Gasteiger partial charge in [0.2, 0.25) is 0 Å². The molecule has 0 amide bonds. The van der Waals surface area contributed by atoms with Crippen LogP contribution in [0.3, 0.4) is 0 Å². The minimum atomic E-state index is -4.33. The summed E-state index contributed by atoms with van der Waals surface area (Å²) in [5.74, 6) is 0.976. The molecule has 0 saturated carbocycles. The first kappa shape index (κ1) is 14.1. The molecule has 0 radical (unpaired) electrons. The van der Waals surface area contributed by atoms with Gasteiger partial charge in [-0.1, -0.05) is 0 Å². The Balaban J connectivity index is 1.95. The fourth-order valence-corrected chi connectivity index (χ4v) is 2.30. The standard InChI is InChI=1S/C13H18F3N3/c1-9(10-3-2-6-17-7-10)19-12-5-4-11(8-18-12)13(14,15)16/h4-5,8-10,17H,2-3,6-7H2,1H3,(H,18,19). The van der Waals surface area contributed by atoms with Crippen LogP contribution in [0.1, 0.15) is 25.3 Å². The molecule has 0 bridgehead atoms. The van der Waals surface area contributed by atoms with Gasteiger partial charge in [-0.05, 0) is 50.9 Å². The van der Waals surface area contributed by atoms with Gasteiger partial charge < -0.3 is 10.6 Å². The van der Waals surface area contributed by atoms with Crippen LogP contribution in [0.5, 0.6) is 0 Å². The molecule has 1 fully saturated rings. The van der Waals surface area contributed by atoms with Gasteiger partial charge in [-0.3, -0.25) is 0 Å². The molecule has 0 spiro atoms. The minimum Gasteiger partial charge on any atom is -0.367 e. The van der Waals surface area contributed by atoms with Crippen molar-refractivity contribution in [2.75, 3.05) is 18.4 Å². The van der Waals surface area contributed by atoms with Crippen LogP contribution in [0, 0.1) is 5.92 Å². The lowest BCUT2D eigenvalue weighted by Crippen LogP contribution is -2.38. The lowest BCUT2D eigenvalue weighted by Gasteiger charge is -2.29. The molecular formula is C13H18F3N3. The highest BCUT2D eigenvalue weighted by Crippen LogP contribution is 2.29. The number of anilines is 1. The van der Waals surface area contributed by atoms with Crippen molar-refractivity contribution in [2.24, 2.45) is 5.92 Å². The van der Waals surface area contributed by atoms with Crippen LogP contribution in [0.4, 0.5) is 19.0 Å². The SMILES string of the molecule is CC(Nc1ccc(C(F)(F)F)cn1)C1CCCNC1. The number of pyridine rings is 1. The highest BCUT2D eigenvalue weighted by Gasteiger charge is 2.30. The van der Waals surface area contributed by atoms with Crippen LogP contribution in [0.25, 0.3) is 0 Å². The van der Waals surface area contributed by atoms with Gasteiger partial charge in [-0.2, -0.15) is 13.2 Å².